The predicted octanol–water partition coefficient (Wildman–Crippen LogP) is 3.23. The van der Waals surface area contributed by atoms with Gasteiger partial charge in [-0.1, -0.05) is 15.9 Å². The van der Waals surface area contributed by atoms with Gasteiger partial charge in [-0.05, 0) is 36.6 Å². The fourth-order valence-corrected chi connectivity index (χ4v) is 1.85. The summed E-state index contributed by atoms with van der Waals surface area (Å²) in [7, 11) is 0. The minimum atomic E-state index is 0. The van der Waals surface area contributed by atoms with E-state index in [2.05, 4.69) is 39.4 Å². The second-order valence-electron chi connectivity index (χ2n) is 2.83. The Kier molecular flexibility index (Phi) is 3.41. The molecule has 1 aliphatic heterocycles. The van der Waals surface area contributed by atoms with Crippen molar-refractivity contribution >= 4 is 34.0 Å². The molecule has 0 saturated heterocycles. The molecule has 0 aromatic heterocycles. The van der Waals surface area contributed by atoms with Crippen LogP contribution in [-0.2, 0) is 6.42 Å². The molecule has 3 heteroatoms. The molecule has 0 amide bonds. The summed E-state index contributed by atoms with van der Waals surface area (Å²) in [6, 6.07) is 6.41. The first-order chi connectivity index (χ1) is 5.36. The van der Waals surface area contributed by atoms with E-state index in [1.807, 2.05) is 0 Å². The number of hydrogen-bond donors (Lipinski definition) is 1. The van der Waals surface area contributed by atoms with Crippen LogP contribution in [0.1, 0.15) is 12.0 Å². The van der Waals surface area contributed by atoms with Gasteiger partial charge in [0.05, 0.1) is 0 Å². The van der Waals surface area contributed by atoms with E-state index in [-0.39, 0.29) is 12.4 Å². The van der Waals surface area contributed by atoms with E-state index in [1.165, 1.54) is 28.6 Å². The van der Waals surface area contributed by atoms with Gasteiger partial charge in [0.2, 0.25) is 0 Å². The van der Waals surface area contributed by atoms with Crippen molar-refractivity contribution < 1.29 is 0 Å². The molecule has 0 saturated carbocycles. The highest BCUT2D eigenvalue weighted by Gasteiger charge is 2.06. The molecular weight excluding hydrogens is 237 g/mol. The third kappa shape index (κ3) is 1.93. The first-order valence-corrected chi connectivity index (χ1v) is 4.68. The van der Waals surface area contributed by atoms with Crippen LogP contribution in [0.25, 0.3) is 0 Å². The summed E-state index contributed by atoms with van der Waals surface area (Å²) in [5.41, 5.74) is 2.74. The second-order valence-corrected chi connectivity index (χ2v) is 3.75. The topological polar surface area (TPSA) is 12.0 Å². The molecular formula is C9H11BrClN. The first-order valence-electron chi connectivity index (χ1n) is 3.88. The van der Waals surface area contributed by atoms with Gasteiger partial charge in [0.15, 0.2) is 0 Å². The molecule has 0 spiro atoms. The van der Waals surface area contributed by atoms with Crippen LogP contribution in [0, 0.1) is 0 Å². The number of nitrogens with one attached hydrogen (secondary N) is 1. The Morgan fingerprint density at radius 1 is 1.33 bits per heavy atom. The van der Waals surface area contributed by atoms with Crippen LogP contribution in [-0.4, -0.2) is 6.54 Å². The largest absolute Gasteiger partial charge is 0.385 e. The number of fused-ring (bicyclic) bond motifs is 1. The monoisotopic (exact) mass is 247 g/mol. The lowest BCUT2D eigenvalue weighted by atomic mass is 10.0. The minimum Gasteiger partial charge on any atom is -0.385 e. The maximum Gasteiger partial charge on any atom is 0.0373 e. The molecule has 1 N–H and O–H groups in total. The van der Waals surface area contributed by atoms with Gasteiger partial charge in [0, 0.05) is 16.7 Å². The normalized spacial score (nSPS) is 14.1. The van der Waals surface area contributed by atoms with Crippen LogP contribution >= 0.6 is 28.3 Å². The SMILES string of the molecule is Brc1ccc2c(c1)CCCN2.Cl. The van der Waals surface area contributed by atoms with E-state index in [0.29, 0.717) is 0 Å². The highest BCUT2D eigenvalue weighted by molar-refractivity contribution is 9.10. The van der Waals surface area contributed by atoms with Gasteiger partial charge in [-0.15, -0.1) is 12.4 Å². The molecule has 1 heterocycles. The molecule has 12 heavy (non-hydrogen) atoms. The van der Waals surface area contributed by atoms with Gasteiger partial charge in [-0.3, -0.25) is 0 Å². The summed E-state index contributed by atoms with van der Waals surface area (Å²) in [4.78, 5) is 0. The average molecular weight is 249 g/mol. The van der Waals surface area contributed by atoms with Crippen LogP contribution in [0.2, 0.25) is 0 Å². The maximum absolute atomic E-state index is 3.46. The highest BCUT2D eigenvalue weighted by Crippen LogP contribution is 2.24. The van der Waals surface area contributed by atoms with Gasteiger partial charge in [0.25, 0.3) is 0 Å². The van der Waals surface area contributed by atoms with Crippen LogP contribution in [0.4, 0.5) is 5.69 Å². The predicted molar refractivity (Wildman–Crippen MR) is 58.2 cm³/mol. The Labute approximate surface area is 87.1 Å². The lowest BCUT2D eigenvalue weighted by Crippen LogP contribution is -2.11. The quantitative estimate of drug-likeness (QED) is 0.743. The lowest BCUT2D eigenvalue weighted by Gasteiger charge is -2.17. The van der Waals surface area contributed by atoms with Crippen molar-refractivity contribution in [3.8, 4) is 0 Å². The van der Waals surface area contributed by atoms with Gasteiger partial charge in [-0.25, -0.2) is 0 Å². The minimum absolute atomic E-state index is 0. The Hall–Kier alpha value is -0.210. The fraction of sp³-hybridized carbons (Fsp3) is 0.333. The molecule has 1 aromatic carbocycles. The van der Waals surface area contributed by atoms with Gasteiger partial charge in [-0.2, -0.15) is 0 Å². The average Bonchev–Trinajstić information content (AvgIpc) is 2.04. The summed E-state index contributed by atoms with van der Waals surface area (Å²) in [6.07, 6.45) is 2.46. The molecule has 1 nitrogen and oxygen atoms in total. The number of benzene rings is 1. The lowest BCUT2D eigenvalue weighted by molar-refractivity contribution is 0.829. The molecule has 0 fully saturated rings. The van der Waals surface area contributed by atoms with E-state index in [1.54, 1.807) is 0 Å². The highest BCUT2D eigenvalue weighted by atomic mass is 79.9. The molecule has 66 valence electrons. The maximum atomic E-state index is 3.46. The zero-order valence-electron chi connectivity index (χ0n) is 6.64. The third-order valence-electron chi connectivity index (χ3n) is 2.01. The van der Waals surface area contributed by atoms with E-state index >= 15 is 0 Å². The molecule has 0 unspecified atom stereocenters. The summed E-state index contributed by atoms with van der Waals surface area (Å²) < 4.78 is 1.18. The first kappa shape index (κ1) is 9.87. The van der Waals surface area contributed by atoms with Crippen molar-refractivity contribution in [2.45, 2.75) is 12.8 Å². The summed E-state index contributed by atoms with van der Waals surface area (Å²) >= 11 is 3.46. The summed E-state index contributed by atoms with van der Waals surface area (Å²) in [5.74, 6) is 0. The standard InChI is InChI=1S/C9H10BrN.ClH/c10-8-3-4-9-7(6-8)2-1-5-11-9;/h3-4,6,11H,1-2,5H2;1H. The molecule has 0 atom stereocenters. The van der Waals surface area contributed by atoms with Crippen molar-refractivity contribution in [1.82, 2.24) is 0 Å². The van der Waals surface area contributed by atoms with Crippen molar-refractivity contribution in [3.63, 3.8) is 0 Å². The number of aryl methyl sites for hydroxylation is 1. The van der Waals surface area contributed by atoms with Gasteiger partial charge >= 0.3 is 0 Å². The van der Waals surface area contributed by atoms with E-state index in [9.17, 15) is 0 Å². The zero-order valence-corrected chi connectivity index (χ0v) is 9.04. The smallest absolute Gasteiger partial charge is 0.0373 e. The van der Waals surface area contributed by atoms with E-state index in [0.717, 1.165) is 6.54 Å². The Morgan fingerprint density at radius 3 is 3.00 bits per heavy atom. The zero-order chi connectivity index (χ0) is 7.68. The second kappa shape index (κ2) is 4.15. The Bertz CT molecular complexity index is 275. The molecule has 1 aliphatic rings. The number of hydrogen-bond acceptors (Lipinski definition) is 1. The van der Waals surface area contributed by atoms with Crippen molar-refractivity contribution in [2.75, 3.05) is 11.9 Å². The van der Waals surface area contributed by atoms with Crippen LogP contribution < -0.4 is 5.32 Å². The molecule has 1 aromatic rings. The van der Waals surface area contributed by atoms with Crippen molar-refractivity contribution in [2.24, 2.45) is 0 Å². The summed E-state index contributed by atoms with van der Waals surface area (Å²) in [5, 5.41) is 3.37. The Morgan fingerprint density at radius 2 is 2.17 bits per heavy atom. The molecule has 0 aliphatic carbocycles. The van der Waals surface area contributed by atoms with Crippen molar-refractivity contribution in [3.05, 3.63) is 28.2 Å². The van der Waals surface area contributed by atoms with E-state index in [4.69, 9.17) is 0 Å². The third-order valence-corrected chi connectivity index (χ3v) is 2.50. The van der Waals surface area contributed by atoms with Crippen LogP contribution in [0.15, 0.2) is 22.7 Å². The number of rotatable bonds is 0. The molecule has 0 radical (unpaired) electrons. The molecule has 0 bridgehead atoms. The van der Waals surface area contributed by atoms with Crippen LogP contribution in [0.5, 0.6) is 0 Å². The van der Waals surface area contributed by atoms with Gasteiger partial charge in [0.1, 0.15) is 0 Å². The number of halogens is 2. The summed E-state index contributed by atoms with van der Waals surface area (Å²) in [6.45, 7) is 1.12. The van der Waals surface area contributed by atoms with Gasteiger partial charge < -0.3 is 5.32 Å². The fourth-order valence-electron chi connectivity index (χ4n) is 1.44. The number of anilines is 1. The van der Waals surface area contributed by atoms with E-state index < -0.39 is 0 Å². The van der Waals surface area contributed by atoms with Crippen molar-refractivity contribution in [1.29, 1.82) is 0 Å². The Balaban J connectivity index is 0.000000720. The molecule has 2 rings (SSSR count). The van der Waals surface area contributed by atoms with Crippen LogP contribution in [0.3, 0.4) is 0 Å².